The zero-order valence-electron chi connectivity index (χ0n) is 16.2. The van der Waals surface area contributed by atoms with E-state index < -0.39 is 10.0 Å². The summed E-state index contributed by atoms with van der Waals surface area (Å²) in [6, 6.07) is 3.53. The van der Waals surface area contributed by atoms with Crippen molar-refractivity contribution in [2.24, 2.45) is 11.8 Å². The summed E-state index contributed by atoms with van der Waals surface area (Å²) in [5.74, 6) is 1.79. The van der Waals surface area contributed by atoms with Crippen molar-refractivity contribution in [3.05, 3.63) is 41.1 Å². The van der Waals surface area contributed by atoms with Crippen molar-refractivity contribution in [3.63, 3.8) is 0 Å². The first-order chi connectivity index (χ1) is 14.5. The molecule has 0 spiro atoms. The highest BCUT2D eigenvalue weighted by atomic mass is 32.2. The van der Waals surface area contributed by atoms with Crippen molar-refractivity contribution >= 4 is 32.3 Å². The Hall–Kier alpha value is -2.01. The van der Waals surface area contributed by atoms with Crippen LogP contribution < -0.4 is 15.8 Å². The number of anilines is 2. The lowest BCUT2D eigenvalue weighted by molar-refractivity contribution is 0.109. The summed E-state index contributed by atoms with van der Waals surface area (Å²) in [5, 5.41) is 3.99. The van der Waals surface area contributed by atoms with E-state index in [0.29, 0.717) is 41.7 Å². The molecule has 8 nitrogen and oxygen atoms in total. The molecule has 2 aliphatic carbocycles. The van der Waals surface area contributed by atoms with E-state index in [2.05, 4.69) is 32.2 Å². The normalized spacial score (nSPS) is 33.7. The van der Waals surface area contributed by atoms with Crippen LogP contribution in [0.5, 0.6) is 0 Å². The van der Waals surface area contributed by atoms with E-state index in [0.717, 1.165) is 23.4 Å². The lowest BCUT2D eigenvalue weighted by Crippen LogP contribution is -2.50. The molecule has 2 fully saturated rings. The number of ether oxygens (including phenoxy) is 1. The van der Waals surface area contributed by atoms with Crippen molar-refractivity contribution in [1.29, 1.82) is 0 Å². The zero-order valence-corrected chi connectivity index (χ0v) is 17.8. The van der Waals surface area contributed by atoms with Gasteiger partial charge in [0.2, 0.25) is 10.0 Å². The fraction of sp³-hybridized carbons (Fsp3) is 0.500. The van der Waals surface area contributed by atoms with E-state index in [1.807, 2.05) is 0 Å². The van der Waals surface area contributed by atoms with Crippen LogP contribution in [0.15, 0.2) is 35.4 Å². The van der Waals surface area contributed by atoms with E-state index >= 15 is 0 Å². The summed E-state index contributed by atoms with van der Waals surface area (Å²) in [5.41, 5.74) is 6.77. The lowest BCUT2D eigenvalue weighted by atomic mass is 9.64. The predicted molar refractivity (Wildman–Crippen MR) is 114 cm³/mol. The molecular weight excluding hydrogens is 422 g/mol. The number of hydrogen-bond donors (Lipinski definition) is 3. The molecule has 2 aliphatic heterocycles. The first-order valence-electron chi connectivity index (χ1n) is 10.3. The Labute approximate surface area is 179 Å². The summed E-state index contributed by atoms with van der Waals surface area (Å²) in [4.78, 5) is 9.92. The number of aryl methyl sites for hydroxylation is 1. The molecule has 0 amide bonds. The molecule has 2 bridgehead atoms. The van der Waals surface area contributed by atoms with Gasteiger partial charge in [-0.3, -0.25) is 0 Å². The van der Waals surface area contributed by atoms with Crippen LogP contribution in [0.1, 0.15) is 23.4 Å². The van der Waals surface area contributed by atoms with Crippen LogP contribution in [-0.4, -0.2) is 42.7 Å². The average molecular weight is 446 g/mol. The first kappa shape index (κ1) is 18.7. The molecule has 1 saturated carbocycles. The molecule has 0 aromatic carbocycles. The molecule has 2 aromatic heterocycles. The largest absolute Gasteiger partial charge is 0.375 e. The van der Waals surface area contributed by atoms with Crippen molar-refractivity contribution < 1.29 is 13.2 Å². The van der Waals surface area contributed by atoms with Crippen molar-refractivity contribution in [3.8, 4) is 0 Å². The Morgan fingerprint density at radius 3 is 2.90 bits per heavy atom. The SMILES string of the molecule is Nc1nc2c(s1)C[C@@H](NS(=O)(=O)c1ccc(N[C@@H]3C[C@@H]4[C@H]3[C@H]3C=C[C@@H]4O3)nc1)CC2. The molecule has 0 unspecified atom stereocenters. The van der Waals surface area contributed by atoms with Gasteiger partial charge < -0.3 is 15.8 Å². The van der Waals surface area contributed by atoms with Gasteiger partial charge in [-0.25, -0.2) is 23.1 Å². The number of pyridine rings is 1. The van der Waals surface area contributed by atoms with Crippen LogP contribution in [0.25, 0.3) is 0 Å². The molecule has 6 rings (SSSR count). The highest BCUT2D eigenvalue weighted by molar-refractivity contribution is 7.89. The van der Waals surface area contributed by atoms with E-state index in [1.165, 1.54) is 17.5 Å². The minimum absolute atomic E-state index is 0.155. The van der Waals surface area contributed by atoms with Crippen LogP contribution in [0.3, 0.4) is 0 Å². The van der Waals surface area contributed by atoms with E-state index in [-0.39, 0.29) is 23.1 Å². The van der Waals surface area contributed by atoms with Crippen molar-refractivity contribution in [1.82, 2.24) is 14.7 Å². The zero-order chi connectivity index (χ0) is 20.5. The fourth-order valence-electron chi connectivity index (χ4n) is 5.24. The molecule has 2 aromatic rings. The second-order valence-electron chi connectivity index (χ2n) is 8.54. The fourth-order valence-corrected chi connectivity index (χ4v) is 7.42. The number of rotatable bonds is 5. The minimum atomic E-state index is -3.63. The Kier molecular flexibility index (Phi) is 4.21. The topological polar surface area (TPSA) is 119 Å². The molecule has 30 heavy (non-hydrogen) atoms. The molecule has 4 aliphatic rings. The van der Waals surface area contributed by atoms with Gasteiger partial charge in [0.25, 0.3) is 0 Å². The molecule has 0 radical (unpaired) electrons. The van der Waals surface area contributed by atoms with Gasteiger partial charge in [-0.15, -0.1) is 11.3 Å². The predicted octanol–water partition coefficient (Wildman–Crippen LogP) is 1.71. The summed E-state index contributed by atoms with van der Waals surface area (Å²) in [6.07, 6.45) is 9.38. The number of nitrogens with zero attached hydrogens (tertiary/aromatic N) is 2. The first-order valence-corrected chi connectivity index (χ1v) is 12.6. The standard InChI is InChI=1S/C20H23N5O3S2/c21-20-24-13-3-1-10(7-17(13)29-20)25-30(26,27)11-2-6-18(22-9-11)23-14-8-12-15-4-5-16(28-15)19(12)14/h2,4-6,9-10,12,14-16,19,25H,1,3,7-8H2,(H2,21,24)(H,22,23)/t10-,12-,14+,15-,16+,19+/m0/s1. The van der Waals surface area contributed by atoms with Gasteiger partial charge in [0.05, 0.1) is 17.9 Å². The summed E-state index contributed by atoms with van der Waals surface area (Å²) < 4.78 is 34.4. The van der Waals surface area contributed by atoms with E-state index in [9.17, 15) is 8.42 Å². The van der Waals surface area contributed by atoms with Crippen LogP contribution in [0, 0.1) is 11.8 Å². The van der Waals surface area contributed by atoms with Crippen LogP contribution in [-0.2, 0) is 27.6 Å². The Morgan fingerprint density at radius 1 is 1.23 bits per heavy atom. The van der Waals surface area contributed by atoms with E-state index in [4.69, 9.17) is 10.5 Å². The highest BCUT2D eigenvalue weighted by Crippen LogP contribution is 2.52. The second-order valence-corrected chi connectivity index (χ2v) is 11.4. The maximum atomic E-state index is 12.8. The molecule has 4 N–H and O–H groups in total. The Bertz CT molecular complexity index is 1110. The quantitative estimate of drug-likeness (QED) is 0.600. The Morgan fingerprint density at radius 2 is 2.10 bits per heavy atom. The number of nitrogen functional groups attached to an aromatic ring is 1. The van der Waals surface area contributed by atoms with Crippen LogP contribution in [0.2, 0.25) is 0 Å². The molecular formula is C20H23N5O3S2. The highest BCUT2D eigenvalue weighted by Gasteiger charge is 2.56. The number of nitrogens with one attached hydrogen (secondary N) is 2. The minimum Gasteiger partial charge on any atom is -0.375 e. The number of thiazole rings is 1. The third-order valence-electron chi connectivity index (χ3n) is 6.75. The molecule has 10 heteroatoms. The number of fused-ring (bicyclic) bond motifs is 6. The van der Waals surface area contributed by atoms with Gasteiger partial charge in [0.15, 0.2) is 5.13 Å². The average Bonchev–Trinajstić information content (AvgIpc) is 3.36. The third-order valence-corrected chi connectivity index (χ3v) is 9.20. The van der Waals surface area contributed by atoms with Gasteiger partial charge in [-0.2, -0.15) is 0 Å². The van der Waals surface area contributed by atoms with Gasteiger partial charge in [0, 0.05) is 35.5 Å². The van der Waals surface area contributed by atoms with Gasteiger partial charge in [-0.1, -0.05) is 12.2 Å². The van der Waals surface area contributed by atoms with Gasteiger partial charge in [0.1, 0.15) is 10.7 Å². The van der Waals surface area contributed by atoms with Crippen molar-refractivity contribution in [2.45, 2.75) is 54.9 Å². The molecule has 158 valence electrons. The number of sulfonamides is 1. The van der Waals surface area contributed by atoms with E-state index in [1.54, 1.807) is 12.1 Å². The van der Waals surface area contributed by atoms with Gasteiger partial charge >= 0.3 is 0 Å². The number of hydrogen-bond acceptors (Lipinski definition) is 8. The summed E-state index contributed by atoms with van der Waals surface area (Å²) >= 11 is 1.44. The maximum Gasteiger partial charge on any atom is 0.242 e. The van der Waals surface area contributed by atoms with Crippen molar-refractivity contribution in [2.75, 3.05) is 11.1 Å². The second kappa shape index (κ2) is 6.74. The lowest BCUT2D eigenvalue weighted by Gasteiger charge is -2.44. The summed E-state index contributed by atoms with van der Waals surface area (Å²) in [6.45, 7) is 0. The summed E-state index contributed by atoms with van der Waals surface area (Å²) in [7, 11) is -3.63. The number of nitrogens with two attached hydrogens (primary N) is 1. The molecule has 4 heterocycles. The molecule has 6 atom stereocenters. The number of aromatic nitrogens is 2. The molecule has 1 saturated heterocycles. The maximum absolute atomic E-state index is 12.8. The van der Waals surface area contributed by atoms with Gasteiger partial charge in [-0.05, 0) is 37.3 Å². The van der Waals surface area contributed by atoms with Crippen LogP contribution in [0.4, 0.5) is 10.9 Å². The van der Waals surface area contributed by atoms with Crippen LogP contribution >= 0.6 is 11.3 Å². The third kappa shape index (κ3) is 3.05. The smallest absolute Gasteiger partial charge is 0.242 e. The monoisotopic (exact) mass is 445 g/mol. The Balaban J connectivity index is 1.10.